The Bertz CT molecular complexity index is 546. The highest BCUT2D eigenvalue weighted by atomic mass is 16.5. The van der Waals surface area contributed by atoms with Gasteiger partial charge in [0, 0.05) is 30.2 Å². The number of nitrogens with one attached hydrogen (secondary N) is 1. The lowest BCUT2D eigenvalue weighted by molar-refractivity contribution is -0.140. The van der Waals surface area contributed by atoms with Crippen LogP contribution in [0, 0.1) is 0 Å². The third kappa shape index (κ3) is 2.54. The van der Waals surface area contributed by atoms with Gasteiger partial charge in [0.05, 0.1) is 13.5 Å². The SMILES string of the molecule is CNCc1cccc2c1ccn2CCC(=O)OC. The Morgan fingerprint density at radius 2 is 2.22 bits per heavy atom. The lowest BCUT2D eigenvalue weighted by Gasteiger charge is -2.06. The van der Waals surface area contributed by atoms with Crippen LogP contribution in [-0.2, 0) is 22.6 Å². The third-order valence-corrected chi connectivity index (χ3v) is 3.06. The number of aromatic nitrogens is 1. The van der Waals surface area contributed by atoms with Gasteiger partial charge in [0.2, 0.25) is 0 Å². The van der Waals surface area contributed by atoms with Gasteiger partial charge in [0.1, 0.15) is 0 Å². The first-order valence-corrected chi connectivity index (χ1v) is 6.04. The van der Waals surface area contributed by atoms with Gasteiger partial charge in [-0.1, -0.05) is 12.1 Å². The van der Waals surface area contributed by atoms with Crippen molar-refractivity contribution >= 4 is 16.9 Å². The number of aryl methyl sites for hydroxylation is 1. The Kier molecular flexibility index (Phi) is 3.99. The van der Waals surface area contributed by atoms with E-state index in [0.717, 1.165) is 12.1 Å². The first-order chi connectivity index (χ1) is 8.76. The van der Waals surface area contributed by atoms with E-state index in [9.17, 15) is 4.79 Å². The molecule has 0 fully saturated rings. The van der Waals surface area contributed by atoms with Gasteiger partial charge in [0.15, 0.2) is 0 Å². The Morgan fingerprint density at radius 3 is 2.94 bits per heavy atom. The minimum Gasteiger partial charge on any atom is -0.469 e. The Labute approximate surface area is 107 Å². The summed E-state index contributed by atoms with van der Waals surface area (Å²) in [5.41, 5.74) is 2.43. The van der Waals surface area contributed by atoms with Crippen molar-refractivity contribution in [1.29, 1.82) is 0 Å². The Hall–Kier alpha value is -1.81. The monoisotopic (exact) mass is 246 g/mol. The van der Waals surface area contributed by atoms with Crippen molar-refractivity contribution in [3.63, 3.8) is 0 Å². The molecule has 0 aliphatic heterocycles. The number of hydrogen-bond acceptors (Lipinski definition) is 3. The average molecular weight is 246 g/mol. The molecule has 1 aromatic carbocycles. The zero-order valence-corrected chi connectivity index (χ0v) is 10.8. The fourth-order valence-electron chi connectivity index (χ4n) is 2.14. The molecule has 4 nitrogen and oxygen atoms in total. The molecule has 0 atom stereocenters. The van der Waals surface area contributed by atoms with Crippen LogP contribution in [0.3, 0.4) is 0 Å². The van der Waals surface area contributed by atoms with Crippen LogP contribution in [0.4, 0.5) is 0 Å². The summed E-state index contributed by atoms with van der Waals surface area (Å²) in [6.07, 6.45) is 2.42. The zero-order valence-electron chi connectivity index (χ0n) is 10.8. The van der Waals surface area contributed by atoms with Crippen molar-refractivity contribution in [1.82, 2.24) is 9.88 Å². The largest absolute Gasteiger partial charge is 0.469 e. The lowest BCUT2D eigenvalue weighted by atomic mass is 10.1. The Balaban J connectivity index is 2.25. The van der Waals surface area contributed by atoms with Crippen LogP contribution in [-0.4, -0.2) is 24.7 Å². The fraction of sp³-hybridized carbons (Fsp3) is 0.357. The third-order valence-electron chi connectivity index (χ3n) is 3.06. The number of carbonyl (C=O) groups is 1. The van der Waals surface area contributed by atoms with Gasteiger partial charge in [-0.25, -0.2) is 0 Å². The van der Waals surface area contributed by atoms with Crippen LogP contribution in [0.5, 0.6) is 0 Å². The maximum Gasteiger partial charge on any atom is 0.307 e. The van der Waals surface area contributed by atoms with Crippen LogP contribution in [0.2, 0.25) is 0 Å². The number of carbonyl (C=O) groups excluding carboxylic acids is 1. The number of hydrogen-bond donors (Lipinski definition) is 1. The standard InChI is InChI=1S/C14H18N2O2/c1-15-10-11-4-3-5-13-12(11)6-8-16(13)9-7-14(17)18-2/h3-6,8,15H,7,9-10H2,1-2H3. The van der Waals surface area contributed by atoms with Crippen LogP contribution in [0.25, 0.3) is 10.9 Å². The highest BCUT2D eigenvalue weighted by molar-refractivity contribution is 5.83. The molecule has 96 valence electrons. The van der Waals surface area contributed by atoms with Crippen LogP contribution < -0.4 is 5.32 Å². The van der Waals surface area contributed by atoms with E-state index >= 15 is 0 Å². The van der Waals surface area contributed by atoms with Gasteiger partial charge in [-0.2, -0.15) is 0 Å². The van der Waals surface area contributed by atoms with Crippen molar-refractivity contribution < 1.29 is 9.53 Å². The van der Waals surface area contributed by atoms with Gasteiger partial charge >= 0.3 is 5.97 Å². The molecule has 0 amide bonds. The predicted molar refractivity (Wildman–Crippen MR) is 71.3 cm³/mol. The van der Waals surface area contributed by atoms with E-state index in [0.29, 0.717) is 13.0 Å². The molecular formula is C14H18N2O2. The number of ether oxygens (including phenoxy) is 1. The average Bonchev–Trinajstić information content (AvgIpc) is 2.80. The molecule has 0 saturated carbocycles. The quantitative estimate of drug-likeness (QED) is 0.820. The maximum absolute atomic E-state index is 11.2. The highest BCUT2D eigenvalue weighted by Gasteiger charge is 2.06. The van der Waals surface area contributed by atoms with E-state index in [1.807, 2.05) is 19.3 Å². The fourth-order valence-corrected chi connectivity index (χ4v) is 2.14. The molecule has 0 aliphatic carbocycles. The molecule has 0 spiro atoms. The number of esters is 1. The van der Waals surface area contributed by atoms with E-state index in [2.05, 4.69) is 32.8 Å². The van der Waals surface area contributed by atoms with Crippen LogP contribution in [0.15, 0.2) is 30.5 Å². The number of benzene rings is 1. The van der Waals surface area contributed by atoms with Crippen molar-refractivity contribution in [2.75, 3.05) is 14.2 Å². The number of nitrogens with zero attached hydrogens (tertiary/aromatic N) is 1. The van der Waals surface area contributed by atoms with Gasteiger partial charge in [-0.05, 0) is 24.7 Å². The summed E-state index contributed by atoms with van der Waals surface area (Å²) in [4.78, 5) is 11.2. The number of fused-ring (bicyclic) bond motifs is 1. The van der Waals surface area contributed by atoms with Crippen molar-refractivity contribution in [2.24, 2.45) is 0 Å². The summed E-state index contributed by atoms with van der Waals surface area (Å²) in [6, 6.07) is 8.33. The van der Waals surface area contributed by atoms with Crippen molar-refractivity contribution in [2.45, 2.75) is 19.5 Å². The zero-order chi connectivity index (χ0) is 13.0. The molecular weight excluding hydrogens is 228 g/mol. The van der Waals surface area contributed by atoms with Gasteiger partial charge in [-0.15, -0.1) is 0 Å². The second-order valence-electron chi connectivity index (χ2n) is 4.22. The van der Waals surface area contributed by atoms with Gasteiger partial charge in [-0.3, -0.25) is 4.79 Å². The van der Waals surface area contributed by atoms with E-state index in [-0.39, 0.29) is 5.97 Å². The predicted octanol–water partition coefficient (Wildman–Crippen LogP) is 1.92. The molecule has 2 rings (SSSR count). The Morgan fingerprint density at radius 1 is 1.39 bits per heavy atom. The molecule has 0 radical (unpaired) electrons. The second-order valence-corrected chi connectivity index (χ2v) is 4.22. The maximum atomic E-state index is 11.2. The molecule has 0 unspecified atom stereocenters. The van der Waals surface area contributed by atoms with Crippen LogP contribution in [0.1, 0.15) is 12.0 Å². The lowest BCUT2D eigenvalue weighted by Crippen LogP contribution is -2.07. The van der Waals surface area contributed by atoms with Crippen molar-refractivity contribution in [3.05, 3.63) is 36.0 Å². The first kappa shape index (κ1) is 12.6. The molecule has 2 aromatic rings. The minimum atomic E-state index is -0.178. The molecule has 0 aliphatic rings. The summed E-state index contributed by atoms with van der Waals surface area (Å²) >= 11 is 0. The van der Waals surface area contributed by atoms with E-state index < -0.39 is 0 Å². The topological polar surface area (TPSA) is 43.3 Å². The summed E-state index contributed by atoms with van der Waals surface area (Å²) < 4.78 is 6.75. The molecule has 4 heteroatoms. The number of methoxy groups -OCH3 is 1. The molecule has 0 saturated heterocycles. The minimum absolute atomic E-state index is 0.178. The summed E-state index contributed by atoms with van der Waals surface area (Å²) in [5, 5.41) is 4.39. The molecule has 1 aromatic heterocycles. The second kappa shape index (κ2) is 5.69. The van der Waals surface area contributed by atoms with E-state index in [1.54, 1.807) is 0 Å². The normalized spacial score (nSPS) is 10.8. The van der Waals surface area contributed by atoms with Gasteiger partial charge < -0.3 is 14.6 Å². The van der Waals surface area contributed by atoms with Crippen LogP contribution >= 0.6 is 0 Å². The van der Waals surface area contributed by atoms with E-state index in [1.165, 1.54) is 18.1 Å². The van der Waals surface area contributed by atoms with E-state index in [4.69, 9.17) is 0 Å². The smallest absolute Gasteiger partial charge is 0.307 e. The molecule has 0 bridgehead atoms. The summed E-state index contributed by atoms with van der Waals surface area (Å²) in [5.74, 6) is -0.178. The first-order valence-electron chi connectivity index (χ1n) is 6.04. The molecule has 18 heavy (non-hydrogen) atoms. The summed E-state index contributed by atoms with van der Waals surface area (Å²) in [6.45, 7) is 1.50. The van der Waals surface area contributed by atoms with Crippen molar-refractivity contribution in [3.8, 4) is 0 Å². The van der Waals surface area contributed by atoms with Gasteiger partial charge in [0.25, 0.3) is 0 Å². The summed E-state index contributed by atoms with van der Waals surface area (Å²) in [7, 11) is 3.36. The number of rotatable bonds is 5. The highest BCUT2D eigenvalue weighted by Crippen LogP contribution is 2.20. The molecule has 1 N–H and O–H groups in total. The molecule has 1 heterocycles.